The Hall–Kier alpha value is -0.970. The van der Waals surface area contributed by atoms with Crippen LogP contribution in [-0.2, 0) is 0 Å². The van der Waals surface area contributed by atoms with Gasteiger partial charge in [0.2, 0.25) is 0 Å². The molecule has 4 fully saturated rings. The molecule has 0 radical (unpaired) electrons. The van der Waals surface area contributed by atoms with Crippen molar-refractivity contribution in [2.24, 2.45) is 23.2 Å². The van der Waals surface area contributed by atoms with Crippen LogP contribution >= 0.6 is 11.6 Å². The van der Waals surface area contributed by atoms with Gasteiger partial charge in [0.15, 0.2) is 0 Å². The summed E-state index contributed by atoms with van der Waals surface area (Å²) in [6, 6.07) is 0.250. The number of nitrogens with zero attached hydrogens (tertiary/aromatic N) is 4. The quantitative estimate of drug-likeness (QED) is 0.851. The molecular formula is C13H17ClN4O. The number of aromatic nitrogens is 4. The standard InChI is InChI=1S/C13H17ClN4O/c14-11-15-17-12(18-16-11)19-7-13-4-8-1-9(5-13)3-10(2-8)6-13/h8-10H,1-7H2. The number of ether oxygens (including phenoxy) is 1. The highest BCUT2D eigenvalue weighted by molar-refractivity contribution is 6.28. The lowest BCUT2D eigenvalue weighted by atomic mass is 9.50. The molecule has 1 aromatic heterocycles. The highest BCUT2D eigenvalue weighted by Gasteiger charge is 2.51. The van der Waals surface area contributed by atoms with Crippen LogP contribution in [0.15, 0.2) is 0 Å². The molecule has 4 bridgehead atoms. The van der Waals surface area contributed by atoms with Crippen molar-refractivity contribution in [2.45, 2.75) is 38.5 Å². The predicted octanol–water partition coefficient (Wildman–Crippen LogP) is 2.52. The maximum atomic E-state index is 5.74. The second-order valence-corrected chi connectivity index (χ2v) is 7.00. The van der Waals surface area contributed by atoms with E-state index in [4.69, 9.17) is 16.3 Å². The van der Waals surface area contributed by atoms with E-state index in [2.05, 4.69) is 20.4 Å². The van der Waals surface area contributed by atoms with E-state index < -0.39 is 0 Å². The van der Waals surface area contributed by atoms with E-state index in [-0.39, 0.29) is 11.3 Å². The van der Waals surface area contributed by atoms with E-state index in [0.717, 1.165) is 17.8 Å². The van der Waals surface area contributed by atoms with Crippen LogP contribution in [0.25, 0.3) is 0 Å². The second-order valence-electron chi connectivity index (χ2n) is 6.66. The summed E-state index contributed by atoms with van der Waals surface area (Å²) in [4.78, 5) is 0. The zero-order chi connectivity index (χ0) is 12.9. The molecule has 5 nitrogen and oxygen atoms in total. The summed E-state index contributed by atoms with van der Waals surface area (Å²) in [6.07, 6.45) is 8.27. The van der Waals surface area contributed by atoms with Crippen LogP contribution in [-0.4, -0.2) is 27.0 Å². The summed E-state index contributed by atoms with van der Waals surface area (Å²) < 4.78 is 5.74. The van der Waals surface area contributed by atoms with E-state index in [0.29, 0.717) is 12.0 Å². The van der Waals surface area contributed by atoms with Gasteiger partial charge < -0.3 is 4.74 Å². The lowest BCUT2D eigenvalue weighted by Crippen LogP contribution is -2.48. The third-order valence-electron chi connectivity index (χ3n) is 5.11. The minimum absolute atomic E-state index is 0.0576. The lowest BCUT2D eigenvalue weighted by molar-refractivity contribution is -0.0761. The van der Waals surface area contributed by atoms with Gasteiger partial charge in [-0.05, 0) is 67.9 Å². The van der Waals surface area contributed by atoms with Gasteiger partial charge in [0.05, 0.1) is 6.61 Å². The zero-order valence-corrected chi connectivity index (χ0v) is 11.5. The first-order chi connectivity index (χ1) is 9.21. The molecule has 19 heavy (non-hydrogen) atoms. The molecule has 0 unspecified atom stereocenters. The Balaban J connectivity index is 1.46. The monoisotopic (exact) mass is 280 g/mol. The third-order valence-corrected chi connectivity index (χ3v) is 5.26. The largest absolute Gasteiger partial charge is 0.461 e. The molecule has 0 N–H and O–H groups in total. The van der Waals surface area contributed by atoms with Crippen molar-refractivity contribution in [1.82, 2.24) is 20.4 Å². The lowest BCUT2D eigenvalue weighted by Gasteiger charge is -2.56. The van der Waals surface area contributed by atoms with Gasteiger partial charge in [0.1, 0.15) is 0 Å². The second kappa shape index (κ2) is 4.27. The summed E-state index contributed by atoms with van der Waals surface area (Å²) in [5, 5.41) is 15.0. The molecule has 4 saturated carbocycles. The number of rotatable bonds is 3. The van der Waals surface area contributed by atoms with Crippen molar-refractivity contribution in [3.05, 3.63) is 5.28 Å². The van der Waals surface area contributed by atoms with Crippen LogP contribution < -0.4 is 4.74 Å². The molecule has 0 saturated heterocycles. The minimum atomic E-state index is 0.0576. The molecule has 0 atom stereocenters. The van der Waals surface area contributed by atoms with Crippen LogP contribution in [0, 0.1) is 23.2 Å². The Morgan fingerprint density at radius 3 is 2.00 bits per heavy atom. The van der Waals surface area contributed by atoms with Gasteiger partial charge in [0.25, 0.3) is 5.28 Å². The van der Waals surface area contributed by atoms with Crippen molar-refractivity contribution in [1.29, 1.82) is 0 Å². The van der Waals surface area contributed by atoms with Gasteiger partial charge in [-0.25, -0.2) is 0 Å². The van der Waals surface area contributed by atoms with Gasteiger partial charge in [0, 0.05) is 5.41 Å². The van der Waals surface area contributed by atoms with Crippen molar-refractivity contribution in [3.63, 3.8) is 0 Å². The van der Waals surface area contributed by atoms with Crippen molar-refractivity contribution in [2.75, 3.05) is 6.61 Å². The first-order valence-electron chi connectivity index (χ1n) is 7.06. The molecule has 0 aliphatic heterocycles. The Kier molecular flexibility index (Phi) is 2.65. The van der Waals surface area contributed by atoms with Crippen LogP contribution in [0.2, 0.25) is 5.28 Å². The molecule has 0 amide bonds. The van der Waals surface area contributed by atoms with Gasteiger partial charge in [-0.3, -0.25) is 0 Å². The summed E-state index contributed by atoms with van der Waals surface area (Å²) >= 11 is 5.57. The average molecular weight is 281 g/mol. The van der Waals surface area contributed by atoms with Gasteiger partial charge in [-0.2, -0.15) is 0 Å². The number of hydrogen-bond acceptors (Lipinski definition) is 5. The van der Waals surface area contributed by atoms with Crippen LogP contribution in [0.4, 0.5) is 0 Å². The molecule has 102 valence electrons. The summed E-state index contributed by atoms with van der Waals surface area (Å²) in [5.74, 6) is 2.78. The van der Waals surface area contributed by atoms with Gasteiger partial charge in [-0.15, -0.1) is 10.2 Å². The molecule has 1 heterocycles. The Morgan fingerprint density at radius 1 is 0.947 bits per heavy atom. The number of halogens is 1. The minimum Gasteiger partial charge on any atom is -0.461 e. The summed E-state index contributed by atoms with van der Waals surface area (Å²) in [6.45, 7) is 0.710. The fourth-order valence-electron chi connectivity index (χ4n) is 4.95. The zero-order valence-electron chi connectivity index (χ0n) is 10.8. The van der Waals surface area contributed by atoms with E-state index in [1.165, 1.54) is 38.5 Å². The molecule has 4 aliphatic rings. The molecule has 6 heteroatoms. The van der Waals surface area contributed by atoms with E-state index in [1.807, 2.05) is 0 Å². The highest BCUT2D eigenvalue weighted by Crippen LogP contribution is 2.59. The maximum absolute atomic E-state index is 5.74. The fourth-order valence-corrected chi connectivity index (χ4v) is 5.03. The Bertz CT molecular complexity index is 443. The molecule has 0 spiro atoms. The molecule has 1 aromatic rings. The first-order valence-corrected chi connectivity index (χ1v) is 7.44. The predicted molar refractivity (Wildman–Crippen MR) is 68.7 cm³/mol. The molecule has 5 rings (SSSR count). The van der Waals surface area contributed by atoms with Crippen molar-refractivity contribution < 1.29 is 4.74 Å². The SMILES string of the molecule is Clc1nnc(OCC23CC4CC(CC(C4)C2)C3)nn1. The normalized spacial score (nSPS) is 39.5. The fraction of sp³-hybridized carbons (Fsp3) is 0.846. The maximum Gasteiger partial charge on any atom is 0.355 e. The topological polar surface area (TPSA) is 60.8 Å². The van der Waals surface area contributed by atoms with Crippen molar-refractivity contribution in [3.8, 4) is 6.01 Å². The van der Waals surface area contributed by atoms with Gasteiger partial charge >= 0.3 is 6.01 Å². The number of hydrogen-bond donors (Lipinski definition) is 0. The summed E-state index contributed by atoms with van der Waals surface area (Å²) in [5.41, 5.74) is 0.359. The van der Waals surface area contributed by atoms with Crippen LogP contribution in [0.5, 0.6) is 6.01 Å². The van der Waals surface area contributed by atoms with Crippen LogP contribution in [0.1, 0.15) is 38.5 Å². The van der Waals surface area contributed by atoms with Crippen molar-refractivity contribution >= 4 is 11.6 Å². The first kappa shape index (κ1) is 11.8. The molecule has 4 aliphatic carbocycles. The Labute approximate surface area is 117 Å². The van der Waals surface area contributed by atoms with Crippen LogP contribution in [0.3, 0.4) is 0 Å². The Morgan fingerprint density at radius 2 is 1.47 bits per heavy atom. The average Bonchev–Trinajstić information content (AvgIpc) is 2.36. The molecule has 0 aromatic carbocycles. The third kappa shape index (κ3) is 2.18. The van der Waals surface area contributed by atoms with E-state index >= 15 is 0 Å². The van der Waals surface area contributed by atoms with E-state index in [9.17, 15) is 0 Å². The van der Waals surface area contributed by atoms with E-state index in [1.54, 1.807) is 0 Å². The molecular weight excluding hydrogens is 264 g/mol. The smallest absolute Gasteiger partial charge is 0.355 e. The van der Waals surface area contributed by atoms with Gasteiger partial charge in [-0.1, -0.05) is 10.2 Å². The summed E-state index contributed by atoms with van der Waals surface area (Å²) in [7, 11) is 0. The highest BCUT2D eigenvalue weighted by atomic mass is 35.5.